The number of hydrogen-bond acceptors (Lipinski definition) is 5. The summed E-state index contributed by atoms with van der Waals surface area (Å²) in [5.74, 6) is 0.437. The van der Waals surface area contributed by atoms with Crippen LogP contribution in [0.25, 0.3) is 0 Å². The summed E-state index contributed by atoms with van der Waals surface area (Å²) >= 11 is 7.54. The van der Waals surface area contributed by atoms with Crippen molar-refractivity contribution in [2.45, 2.75) is 13.0 Å². The molecule has 3 rings (SSSR count). The summed E-state index contributed by atoms with van der Waals surface area (Å²) in [6, 6.07) is 13.9. The van der Waals surface area contributed by atoms with E-state index in [4.69, 9.17) is 21.1 Å². The molecular weight excluding hydrogens is 410 g/mol. The van der Waals surface area contributed by atoms with E-state index in [1.807, 2.05) is 29.0 Å². The number of ether oxygens (including phenoxy) is 2. The van der Waals surface area contributed by atoms with Crippen LogP contribution in [0.5, 0.6) is 11.5 Å². The summed E-state index contributed by atoms with van der Waals surface area (Å²) in [5, 5.41) is 7.58. The second-order valence-electron chi connectivity index (χ2n) is 6.32. The zero-order valence-corrected chi connectivity index (χ0v) is 17.5. The molecule has 0 fully saturated rings. The number of amides is 1. The van der Waals surface area contributed by atoms with Crippen molar-refractivity contribution in [2.75, 3.05) is 13.7 Å². The van der Waals surface area contributed by atoms with E-state index in [0.717, 1.165) is 11.1 Å². The van der Waals surface area contributed by atoms with Crippen molar-refractivity contribution in [2.24, 2.45) is 0 Å². The number of nitrogens with one attached hydrogen (secondary N) is 1. The zero-order valence-electron chi connectivity index (χ0n) is 16.0. The van der Waals surface area contributed by atoms with Crippen LogP contribution in [0.3, 0.4) is 0 Å². The third-order valence-corrected chi connectivity index (χ3v) is 5.27. The van der Waals surface area contributed by atoms with E-state index in [1.54, 1.807) is 41.7 Å². The van der Waals surface area contributed by atoms with E-state index in [-0.39, 0.29) is 24.3 Å². The molecule has 1 N–H and O–H groups in total. The van der Waals surface area contributed by atoms with Gasteiger partial charge < -0.3 is 14.8 Å². The number of halogens is 1. The predicted octanol–water partition coefficient (Wildman–Crippen LogP) is 4.90. The van der Waals surface area contributed by atoms with Crippen LogP contribution >= 0.6 is 22.9 Å². The van der Waals surface area contributed by atoms with Gasteiger partial charge in [0, 0.05) is 10.6 Å². The van der Waals surface area contributed by atoms with E-state index in [0.29, 0.717) is 22.1 Å². The smallest absolute Gasteiger partial charge is 0.258 e. The van der Waals surface area contributed by atoms with Gasteiger partial charge in [0.05, 0.1) is 13.2 Å². The van der Waals surface area contributed by atoms with Gasteiger partial charge in [0.1, 0.15) is 0 Å². The third-order valence-electron chi connectivity index (χ3n) is 4.31. The van der Waals surface area contributed by atoms with Crippen molar-refractivity contribution < 1.29 is 19.1 Å². The number of carbonyl (C=O) groups is 2. The molecule has 0 bridgehead atoms. The molecule has 2 aromatic carbocycles. The predicted molar refractivity (Wildman–Crippen MR) is 114 cm³/mol. The Labute approximate surface area is 178 Å². The van der Waals surface area contributed by atoms with Crippen LogP contribution in [0.15, 0.2) is 59.3 Å². The monoisotopic (exact) mass is 429 g/mol. The van der Waals surface area contributed by atoms with E-state index in [9.17, 15) is 9.59 Å². The molecule has 1 aromatic heterocycles. The molecular formula is C22H20ClNO4S. The summed E-state index contributed by atoms with van der Waals surface area (Å²) in [4.78, 5) is 24.1. The van der Waals surface area contributed by atoms with Crippen molar-refractivity contribution >= 4 is 34.6 Å². The average Bonchev–Trinajstić information content (AvgIpc) is 3.25. The van der Waals surface area contributed by atoms with Gasteiger partial charge in [-0.05, 0) is 65.2 Å². The molecule has 1 amide bonds. The Bertz CT molecular complexity index is 987. The quantitative estimate of drug-likeness (QED) is 0.517. The number of ketones is 1. The number of hydrogen-bond donors (Lipinski definition) is 1. The molecule has 0 spiro atoms. The first-order chi connectivity index (χ1) is 14.0. The Morgan fingerprint density at radius 1 is 1.07 bits per heavy atom. The molecule has 7 heteroatoms. The molecule has 0 aliphatic rings. The summed E-state index contributed by atoms with van der Waals surface area (Å²) in [6.45, 7) is 1.29. The molecule has 1 atom stereocenters. The molecule has 5 nitrogen and oxygen atoms in total. The lowest BCUT2D eigenvalue weighted by Crippen LogP contribution is -2.33. The molecule has 0 aliphatic carbocycles. The zero-order chi connectivity index (χ0) is 20.8. The number of Topliss-reactive ketones (excluding diaryl/α,β-unsaturated/α-hetero) is 1. The normalized spacial score (nSPS) is 11.6. The van der Waals surface area contributed by atoms with Gasteiger partial charge in [-0.2, -0.15) is 11.3 Å². The minimum atomic E-state index is -0.309. The maximum absolute atomic E-state index is 12.6. The lowest BCUT2D eigenvalue weighted by Gasteiger charge is -2.19. The van der Waals surface area contributed by atoms with Gasteiger partial charge in [-0.3, -0.25) is 9.59 Å². The van der Waals surface area contributed by atoms with E-state index in [2.05, 4.69) is 5.32 Å². The van der Waals surface area contributed by atoms with Gasteiger partial charge in [-0.15, -0.1) is 0 Å². The molecule has 0 saturated heterocycles. The number of carbonyl (C=O) groups excluding carboxylic acids is 2. The van der Waals surface area contributed by atoms with Gasteiger partial charge in [-0.25, -0.2) is 0 Å². The second kappa shape index (κ2) is 9.58. The van der Waals surface area contributed by atoms with Crippen molar-refractivity contribution in [1.82, 2.24) is 5.32 Å². The average molecular weight is 430 g/mol. The molecule has 150 valence electrons. The minimum absolute atomic E-state index is 0.0748. The van der Waals surface area contributed by atoms with Crippen LogP contribution in [0.4, 0.5) is 0 Å². The highest BCUT2D eigenvalue weighted by Gasteiger charge is 2.18. The van der Waals surface area contributed by atoms with Gasteiger partial charge in [-0.1, -0.05) is 23.7 Å². The van der Waals surface area contributed by atoms with Crippen LogP contribution in [-0.4, -0.2) is 25.4 Å². The third kappa shape index (κ3) is 5.37. The number of thiophene rings is 1. The fraction of sp³-hybridized carbons (Fsp3) is 0.182. The lowest BCUT2D eigenvalue weighted by atomic mass is 10.0. The highest BCUT2D eigenvalue weighted by molar-refractivity contribution is 7.08. The molecule has 0 aliphatic heterocycles. The van der Waals surface area contributed by atoms with E-state index < -0.39 is 0 Å². The number of methoxy groups -OCH3 is 1. The van der Waals surface area contributed by atoms with Crippen molar-refractivity contribution in [3.8, 4) is 11.5 Å². The molecule has 29 heavy (non-hydrogen) atoms. The largest absolute Gasteiger partial charge is 0.493 e. The Hall–Kier alpha value is -2.83. The first-order valence-electron chi connectivity index (χ1n) is 8.86. The Morgan fingerprint density at radius 2 is 1.83 bits per heavy atom. The van der Waals surface area contributed by atoms with E-state index >= 15 is 0 Å². The highest BCUT2D eigenvalue weighted by Crippen LogP contribution is 2.29. The van der Waals surface area contributed by atoms with Crippen LogP contribution < -0.4 is 14.8 Å². The van der Waals surface area contributed by atoms with Gasteiger partial charge in [0.25, 0.3) is 5.91 Å². The molecule has 1 heterocycles. The van der Waals surface area contributed by atoms with Crippen LogP contribution in [0, 0.1) is 0 Å². The van der Waals surface area contributed by atoms with Gasteiger partial charge >= 0.3 is 0 Å². The van der Waals surface area contributed by atoms with Gasteiger partial charge in [0.15, 0.2) is 23.9 Å². The van der Waals surface area contributed by atoms with Crippen LogP contribution in [0.2, 0.25) is 5.02 Å². The fourth-order valence-electron chi connectivity index (χ4n) is 2.81. The van der Waals surface area contributed by atoms with Crippen LogP contribution in [-0.2, 0) is 4.79 Å². The Morgan fingerprint density at radius 3 is 2.45 bits per heavy atom. The van der Waals surface area contributed by atoms with Crippen molar-refractivity contribution in [3.05, 3.63) is 81.0 Å². The maximum Gasteiger partial charge on any atom is 0.258 e. The van der Waals surface area contributed by atoms with Gasteiger partial charge in [0.2, 0.25) is 0 Å². The first-order valence-corrected chi connectivity index (χ1v) is 10.2. The highest BCUT2D eigenvalue weighted by atomic mass is 35.5. The Balaban J connectivity index is 1.71. The summed E-state index contributed by atoms with van der Waals surface area (Å²) in [7, 11) is 1.49. The fourth-order valence-corrected chi connectivity index (χ4v) is 3.62. The molecule has 0 radical (unpaired) electrons. The lowest BCUT2D eigenvalue weighted by molar-refractivity contribution is -0.123. The minimum Gasteiger partial charge on any atom is -0.493 e. The van der Waals surface area contributed by atoms with Crippen LogP contribution in [0.1, 0.15) is 34.5 Å². The Kier molecular flexibility index (Phi) is 6.90. The van der Waals surface area contributed by atoms with Crippen molar-refractivity contribution in [3.63, 3.8) is 0 Å². The SMILES string of the molecule is COc1cc(C(C)=O)ccc1OCC(=O)NC(c1ccc(Cl)cc1)c1ccsc1. The molecule has 3 aromatic rings. The van der Waals surface area contributed by atoms with Crippen molar-refractivity contribution in [1.29, 1.82) is 0 Å². The topological polar surface area (TPSA) is 64.6 Å². The first kappa shape index (κ1) is 20.9. The number of rotatable bonds is 8. The maximum atomic E-state index is 12.6. The summed E-state index contributed by atoms with van der Waals surface area (Å²) in [5.41, 5.74) is 2.41. The summed E-state index contributed by atoms with van der Waals surface area (Å²) < 4.78 is 10.9. The molecule has 0 saturated carbocycles. The second-order valence-corrected chi connectivity index (χ2v) is 7.54. The number of benzene rings is 2. The summed E-state index contributed by atoms with van der Waals surface area (Å²) in [6.07, 6.45) is 0. The standard InChI is InChI=1S/C22H20ClNO4S/c1-14(25)16-5-8-19(20(11-16)27-2)28-12-21(26)24-22(17-9-10-29-13-17)15-3-6-18(23)7-4-15/h3-11,13,22H,12H2,1-2H3,(H,24,26). The molecule has 1 unspecified atom stereocenters. The van der Waals surface area contributed by atoms with E-state index in [1.165, 1.54) is 14.0 Å².